The third-order valence-electron chi connectivity index (χ3n) is 3.48. The normalized spacial score (nSPS) is 15.1. The number of hydrogen-bond acceptors (Lipinski definition) is 1. The monoisotopic (exact) mass is 267 g/mol. The van der Waals surface area contributed by atoms with Crippen molar-refractivity contribution in [3.63, 3.8) is 0 Å². The van der Waals surface area contributed by atoms with Crippen LogP contribution in [0.5, 0.6) is 0 Å². The van der Waals surface area contributed by atoms with Crippen LogP contribution >= 0.6 is 11.6 Å². The number of rotatable bonds is 2. The summed E-state index contributed by atoms with van der Waals surface area (Å²) in [7, 11) is 0. The summed E-state index contributed by atoms with van der Waals surface area (Å²) in [6, 6.07) is 4.49. The molecule has 0 spiro atoms. The molecule has 0 bridgehead atoms. The first-order valence-corrected chi connectivity index (χ1v) is 7.53. The number of benzene rings is 1. The number of likely N-dealkylation sites (N-methyl/N-ethyl adjacent to an activating group) is 1. The minimum atomic E-state index is 0.516. The quantitative estimate of drug-likeness (QED) is 0.739. The Bertz CT molecular complexity index is 385. The second-order valence-corrected chi connectivity index (χ2v) is 5.32. The summed E-state index contributed by atoms with van der Waals surface area (Å²) in [6.07, 6.45) is 1.17. The highest BCUT2D eigenvalue weighted by molar-refractivity contribution is 6.31. The first-order chi connectivity index (χ1) is 8.61. The van der Waals surface area contributed by atoms with E-state index in [9.17, 15) is 0 Å². The lowest BCUT2D eigenvalue weighted by Crippen LogP contribution is -2.30. The maximum absolute atomic E-state index is 6.33. The van der Waals surface area contributed by atoms with Gasteiger partial charge in [-0.25, -0.2) is 0 Å². The number of nitrogens with zero attached hydrogens (tertiary/aromatic N) is 1. The van der Waals surface area contributed by atoms with Gasteiger partial charge in [0.15, 0.2) is 0 Å². The van der Waals surface area contributed by atoms with E-state index in [-0.39, 0.29) is 0 Å². The lowest BCUT2D eigenvalue weighted by atomic mass is 9.93. The van der Waals surface area contributed by atoms with Crippen LogP contribution in [0.15, 0.2) is 12.1 Å². The van der Waals surface area contributed by atoms with Gasteiger partial charge in [-0.15, -0.1) is 0 Å². The zero-order chi connectivity index (χ0) is 13.7. The molecule has 1 aromatic rings. The molecule has 0 radical (unpaired) electrons. The highest BCUT2D eigenvalue weighted by Crippen LogP contribution is 2.30. The molecule has 18 heavy (non-hydrogen) atoms. The minimum absolute atomic E-state index is 0.516. The largest absolute Gasteiger partial charge is 0.299 e. The summed E-state index contributed by atoms with van der Waals surface area (Å²) in [5, 5.41) is 0.937. The first-order valence-electron chi connectivity index (χ1n) is 7.15. The fourth-order valence-corrected chi connectivity index (χ4v) is 2.77. The van der Waals surface area contributed by atoms with E-state index in [0.29, 0.717) is 5.92 Å². The Labute approximate surface area is 117 Å². The topological polar surface area (TPSA) is 3.24 Å². The number of halogens is 1. The summed E-state index contributed by atoms with van der Waals surface area (Å²) < 4.78 is 0. The second-order valence-electron chi connectivity index (χ2n) is 4.92. The van der Waals surface area contributed by atoms with Crippen LogP contribution in [0.2, 0.25) is 5.02 Å². The van der Waals surface area contributed by atoms with Crippen LogP contribution in [-0.4, -0.2) is 18.0 Å². The maximum atomic E-state index is 6.33. The van der Waals surface area contributed by atoms with Crippen LogP contribution in [0.3, 0.4) is 0 Å². The summed E-state index contributed by atoms with van der Waals surface area (Å²) in [4.78, 5) is 2.47. The van der Waals surface area contributed by atoms with Crippen molar-refractivity contribution in [2.75, 3.05) is 13.1 Å². The van der Waals surface area contributed by atoms with Crippen molar-refractivity contribution < 1.29 is 0 Å². The van der Waals surface area contributed by atoms with Gasteiger partial charge in [-0.3, -0.25) is 4.90 Å². The lowest BCUT2D eigenvalue weighted by Gasteiger charge is -2.28. The molecule has 2 heteroatoms. The molecule has 0 atom stereocenters. The van der Waals surface area contributed by atoms with Crippen LogP contribution in [0.25, 0.3) is 0 Å². The van der Waals surface area contributed by atoms with Crippen molar-refractivity contribution in [2.45, 2.75) is 53.5 Å². The van der Waals surface area contributed by atoms with Gasteiger partial charge >= 0.3 is 0 Å². The van der Waals surface area contributed by atoms with Gasteiger partial charge in [0, 0.05) is 18.1 Å². The molecule has 1 aliphatic heterocycles. The van der Waals surface area contributed by atoms with Crippen LogP contribution in [0.4, 0.5) is 0 Å². The lowest BCUT2D eigenvalue weighted by molar-refractivity contribution is 0.268. The van der Waals surface area contributed by atoms with Crippen LogP contribution < -0.4 is 0 Å². The minimum Gasteiger partial charge on any atom is -0.299 e. The van der Waals surface area contributed by atoms with Gasteiger partial charge in [0.25, 0.3) is 0 Å². The van der Waals surface area contributed by atoms with E-state index in [0.717, 1.165) is 18.1 Å². The summed E-state index contributed by atoms with van der Waals surface area (Å²) in [5.41, 5.74) is 4.21. The fourth-order valence-electron chi connectivity index (χ4n) is 2.37. The molecular formula is C16H26ClN. The van der Waals surface area contributed by atoms with Crippen LogP contribution in [0, 0.1) is 0 Å². The van der Waals surface area contributed by atoms with Crippen molar-refractivity contribution in [1.82, 2.24) is 4.90 Å². The Balaban J connectivity index is 0.000000771. The third kappa shape index (κ3) is 3.49. The van der Waals surface area contributed by atoms with Gasteiger partial charge < -0.3 is 0 Å². The van der Waals surface area contributed by atoms with Gasteiger partial charge in [-0.2, -0.15) is 0 Å². The standard InChI is InChI=1S/C14H20ClN.C2H6/c1-4-16-6-5-11-7-13(10(2)3)14(15)8-12(11)9-16;1-2/h7-8,10H,4-6,9H2,1-3H3;1-2H3. The summed E-state index contributed by atoms with van der Waals surface area (Å²) >= 11 is 6.33. The number of fused-ring (bicyclic) bond motifs is 1. The van der Waals surface area contributed by atoms with Crippen molar-refractivity contribution in [1.29, 1.82) is 0 Å². The summed E-state index contributed by atoms with van der Waals surface area (Å²) in [5.74, 6) is 0.516. The Kier molecular flexibility index (Phi) is 6.17. The molecule has 1 aliphatic rings. The Morgan fingerprint density at radius 3 is 2.44 bits per heavy atom. The summed E-state index contributed by atoms with van der Waals surface area (Å²) in [6.45, 7) is 14.0. The Hall–Kier alpha value is -0.530. The van der Waals surface area contributed by atoms with E-state index < -0.39 is 0 Å². The molecule has 0 N–H and O–H groups in total. The van der Waals surface area contributed by atoms with Crippen molar-refractivity contribution in [3.05, 3.63) is 33.8 Å². The van der Waals surface area contributed by atoms with Crippen LogP contribution in [-0.2, 0) is 13.0 Å². The molecule has 0 saturated heterocycles. The number of hydrogen-bond donors (Lipinski definition) is 0. The van der Waals surface area contributed by atoms with E-state index in [1.165, 1.54) is 29.7 Å². The van der Waals surface area contributed by atoms with Crippen molar-refractivity contribution in [2.24, 2.45) is 0 Å². The molecule has 1 nitrogen and oxygen atoms in total. The molecule has 0 aliphatic carbocycles. The van der Waals surface area contributed by atoms with E-state index in [2.05, 4.69) is 37.8 Å². The van der Waals surface area contributed by atoms with Crippen molar-refractivity contribution >= 4 is 11.6 Å². The predicted molar refractivity (Wildman–Crippen MR) is 81.5 cm³/mol. The van der Waals surface area contributed by atoms with Gasteiger partial charge in [-0.05, 0) is 41.6 Å². The Morgan fingerprint density at radius 1 is 1.22 bits per heavy atom. The molecule has 0 aromatic heterocycles. The maximum Gasteiger partial charge on any atom is 0.0444 e. The van der Waals surface area contributed by atoms with Crippen molar-refractivity contribution in [3.8, 4) is 0 Å². The molecular weight excluding hydrogens is 242 g/mol. The predicted octanol–water partition coefficient (Wildman–Crippen LogP) is 4.87. The molecule has 1 heterocycles. The van der Waals surface area contributed by atoms with E-state index in [4.69, 9.17) is 11.6 Å². The highest BCUT2D eigenvalue weighted by Gasteiger charge is 2.17. The average Bonchev–Trinajstić information content (AvgIpc) is 2.39. The van der Waals surface area contributed by atoms with E-state index in [1.807, 2.05) is 13.8 Å². The molecule has 0 saturated carbocycles. The van der Waals surface area contributed by atoms with Gasteiger partial charge in [0.2, 0.25) is 0 Å². The molecule has 0 amide bonds. The molecule has 2 rings (SSSR count). The second kappa shape index (κ2) is 7.16. The van der Waals surface area contributed by atoms with Gasteiger partial charge in [0.1, 0.15) is 0 Å². The molecule has 102 valence electrons. The zero-order valence-electron chi connectivity index (χ0n) is 12.4. The van der Waals surface area contributed by atoms with E-state index >= 15 is 0 Å². The zero-order valence-corrected chi connectivity index (χ0v) is 13.1. The van der Waals surface area contributed by atoms with Gasteiger partial charge in [-0.1, -0.05) is 52.3 Å². The van der Waals surface area contributed by atoms with Gasteiger partial charge in [0.05, 0.1) is 0 Å². The molecule has 1 aromatic carbocycles. The first kappa shape index (κ1) is 15.5. The van der Waals surface area contributed by atoms with E-state index in [1.54, 1.807) is 0 Å². The average molecular weight is 268 g/mol. The molecule has 0 fully saturated rings. The smallest absolute Gasteiger partial charge is 0.0444 e. The van der Waals surface area contributed by atoms with Crippen LogP contribution in [0.1, 0.15) is 57.2 Å². The molecule has 0 unspecified atom stereocenters. The SMILES string of the molecule is CC.CCN1CCc2cc(C(C)C)c(Cl)cc2C1. The Morgan fingerprint density at radius 2 is 1.89 bits per heavy atom. The third-order valence-corrected chi connectivity index (χ3v) is 3.81. The highest BCUT2D eigenvalue weighted by atomic mass is 35.5. The fraction of sp³-hybridized carbons (Fsp3) is 0.625.